The van der Waals surface area contributed by atoms with Crippen molar-refractivity contribution < 1.29 is 35.8 Å². The molecule has 1 aromatic carbocycles. The predicted octanol–water partition coefficient (Wildman–Crippen LogP) is 4.31. The number of hydrogen-bond donors (Lipinski definition) is 0. The Morgan fingerprint density at radius 1 is 1.05 bits per heavy atom. The minimum Gasteiger partial charge on any atom is -0.493 e. The second kappa shape index (κ2) is 5.18. The first-order chi connectivity index (χ1) is 8.56. The van der Waals surface area contributed by atoms with E-state index in [4.69, 9.17) is 4.74 Å². The summed E-state index contributed by atoms with van der Waals surface area (Å²) in [6, 6.07) is 1.69. The number of alkyl halides is 6. The normalized spacial score (nSPS) is 12.4. The van der Waals surface area contributed by atoms with E-state index in [2.05, 4.69) is 4.74 Å². The second-order valence-electron chi connectivity index (χ2n) is 3.56. The highest BCUT2D eigenvalue weighted by molar-refractivity contribution is 5.51. The summed E-state index contributed by atoms with van der Waals surface area (Å²) >= 11 is 0. The fraction of sp³-hybridized carbons (Fsp3) is 0.455. The third-order valence-electron chi connectivity index (χ3n) is 2.11. The van der Waals surface area contributed by atoms with Gasteiger partial charge in [-0.25, -0.2) is 0 Å². The third-order valence-corrected chi connectivity index (χ3v) is 2.11. The van der Waals surface area contributed by atoms with Gasteiger partial charge in [0.2, 0.25) is 0 Å². The first kappa shape index (κ1) is 15.5. The van der Waals surface area contributed by atoms with E-state index in [9.17, 15) is 26.3 Å². The summed E-state index contributed by atoms with van der Waals surface area (Å²) in [7, 11) is 0. The molecule has 0 saturated carbocycles. The maximum Gasteiger partial charge on any atom is 0.573 e. The van der Waals surface area contributed by atoms with Gasteiger partial charge < -0.3 is 9.47 Å². The number of aryl methyl sites for hydroxylation is 1. The van der Waals surface area contributed by atoms with Crippen LogP contribution in [-0.2, 0) is 6.18 Å². The van der Waals surface area contributed by atoms with Crippen LogP contribution < -0.4 is 9.47 Å². The molecule has 1 rings (SSSR count). The number of benzene rings is 1. The molecule has 0 unspecified atom stereocenters. The topological polar surface area (TPSA) is 18.5 Å². The Bertz CT molecular complexity index is 450. The molecule has 0 amide bonds. The Kier molecular flexibility index (Phi) is 4.21. The van der Waals surface area contributed by atoms with Gasteiger partial charge >= 0.3 is 12.5 Å². The molecule has 0 heterocycles. The first-order valence-corrected chi connectivity index (χ1v) is 5.15. The zero-order valence-electron chi connectivity index (χ0n) is 9.95. The Hall–Kier alpha value is -1.60. The van der Waals surface area contributed by atoms with E-state index in [1.165, 1.54) is 13.8 Å². The van der Waals surface area contributed by atoms with Crippen LogP contribution in [0.25, 0.3) is 0 Å². The van der Waals surface area contributed by atoms with Gasteiger partial charge in [-0.15, -0.1) is 13.2 Å². The van der Waals surface area contributed by atoms with Gasteiger partial charge in [0.05, 0.1) is 6.61 Å². The Morgan fingerprint density at radius 2 is 1.63 bits per heavy atom. The van der Waals surface area contributed by atoms with Gasteiger partial charge in [0.1, 0.15) is 17.1 Å². The van der Waals surface area contributed by atoms with Crippen LogP contribution >= 0.6 is 0 Å². The van der Waals surface area contributed by atoms with Crippen molar-refractivity contribution in [3.63, 3.8) is 0 Å². The summed E-state index contributed by atoms with van der Waals surface area (Å²) in [5.41, 5.74) is -1.49. The summed E-state index contributed by atoms with van der Waals surface area (Å²) in [5, 5.41) is 0. The molecule has 19 heavy (non-hydrogen) atoms. The standard InChI is InChI=1S/C11H10F6O2/c1-3-18-9-6(2)4-5-7(19-11(15,16)17)8(9)10(12,13)14/h4-5H,3H2,1-2H3. The number of halogens is 6. The van der Waals surface area contributed by atoms with Crippen LogP contribution in [0, 0.1) is 6.92 Å². The minimum atomic E-state index is -5.21. The lowest BCUT2D eigenvalue weighted by atomic mass is 10.1. The molecule has 0 fully saturated rings. The van der Waals surface area contributed by atoms with Crippen molar-refractivity contribution in [3.8, 4) is 11.5 Å². The quantitative estimate of drug-likeness (QED) is 0.771. The van der Waals surface area contributed by atoms with Crippen LogP contribution in [0.5, 0.6) is 11.5 Å². The molecule has 0 aliphatic carbocycles. The third kappa shape index (κ3) is 3.93. The van der Waals surface area contributed by atoms with Crippen LogP contribution in [0.15, 0.2) is 12.1 Å². The van der Waals surface area contributed by atoms with Crippen LogP contribution in [0.3, 0.4) is 0 Å². The Balaban J connectivity index is 3.43. The van der Waals surface area contributed by atoms with Crippen molar-refractivity contribution in [2.24, 2.45) is 0 Å². The van der Waals surface area contributed by atoms with Crippen molar-refractivity contribution in [2.45, 2.75) is 26.4 Å². The molecule has 0 aliphatic heterocycles. The van der Waals surface area contributed by atoms with E-state index in [0.717, 1.165) is 6.07 Å². The molecular weight excluding hydrogens is 278 g/mol. The molecule has 0 aromatic heterocycles. The highest BCUT2D eigenvalue weighted by atomic mass is 19.4. The predicted molar refractivity (Wildman–Crippen MR) is 54.0 cm³/mol. The summed E-state index contributed by atoms with van der Waals surface area (Å²) < 4.78 is 83.1. The first-order valence-electron chi connectivity index (χ1n) is 5.15. The second-order valence-corrected chi connectivity index (χ2v) is 3.56. The average Bonchev–Trinajstić information content (AvgIpc) is 2.19. The molecule has 8 heteroatoms. The lowest BCUT2D eigenvalue weighted by Crippen LogP contribution is -2.21. The van der Waals surface area contributed by atoms with Crippen molar-refractivity contribution >= 4 is 0 Å². The van der Waals surface area contributed by atoms with Crippen molar-refractivity contribution in [3.05, 3.63) is 23.3 Å². The number of ether oxygens (including phenoxy) is 2. The number of rotatable bonds is 3. The smallest absolute Gasteiger partial charge is 0.493 e. The molecule has 0 saturated heterocycles. The van der Waals surface area contributed by atoms with Gasteiger partial charge in [-0.1, -0.05) is 6.07 Å². The Morgan fingerprint density at radius 3 is 2.05 bits per heavy atom. The molecular formula is C11H10F6O2. The van der Waals surface area contributed by atoms with E-state index >= 15 is 0 Å². The van der Waals surface area contributed by atoms with Gasteiger partial charge in [-0.2, -0.15) is 13.2 Å². The fourth-order valence-electron chi connectivity index (χ4n) is 1.48. The van der Waals surface area contributed by atoms with Gasteiger partial charge in [0.25, 0.3) is 0 Å². The summed E-state index contributed by atoms with van der Waals surface area (Å²) in [6.45, 7) is 2.62. The van der Waals surface area contributed by atoms with Crippen molar-refractivity contribution in [2.75, 3.05) is 6.61 Å². The molecule has 0 spiro atoms. The van der Waals surface area contributed by atoms with Crippen LogP contribution in [0.4, 0.5) is 26.3 Å². The molecule has 108 valence electrons. The molecule has 0 N–H and O–H groups in total. The van der Waals surface area contributed by atoms with Crippen LogP contribution in [0.1, 0.15) is 18.1 Å². The van der Waals surface area contributed by atoms with E-state index in [-0.39, 0.29) is 12.2 Å². The summed E-state index contributed by atoms with van der Waals surface area (Å²) in [6.07, 6.45) is -10.2. The highest BCUT2D eigenvalue weighted by Gasteiger charge is 2.42. The molecule has 0 aliphatic rings. The van der Waals surface area contributed by atoms with E-state index in [0.29, 0.717) is 6.07 Å². The van der Waals surface area contributed by atoms with E-state index < -0.39 is 29.6 Å². The Labute approximate surface area is 104 Å². The maximum atomic E-state index is 12.9. The molecule has 0 bridgehead atoms. The van der Waals surface area contributed by atoms with Gasteiger partial charge in [-0.3, -0.25) is 0 Å². The monoisotopic (exact) mass is 288 g/mol. The zero-order chi connectivity index (χ0) is 14.8. The van der Waals surface area contributed by atoms with Crippen molar-refractivity contribution in [1.29, 1.82) is 0 Å². The largest absolute Gasteiger partial charge is 0.573 e. The maximum absolute atomic E-state index is 12.9. The summed E-state index contributed by atoms with van der Waals surface area (Å²) in [5.74, 6) is -1.98. The SMILES string of the molecule is CCOc1c(C)ccc(OC(F)(F)F)c1C(F)(F)F. The number of hydrogen-bond acceptors (Lipinski definition) is 2. The molecule has 2 nitrogen and oxygen atoms in total. The average molecular weight is 288 g/mol. The van der Waals surface area contributed by atoms with E-state index in [1.54, 1.807) is 0 Å². The summed E-state index contributed by atoms with van der Waals surface area (Å²) in [4.78, 5) is 0. The highest BCUT2D eigenvalue weighted by Crippen LogP contribution is 2.45. The molecule has 0 radical (unpaired) electrons. The lowest BCUT2D eigenvalue weighted by Gasteiger charge is -2.20. The molecule has 1 aromatic rings. The fourth-order valence-corrected chi connectivity index (χ4v) is 1.48. The molecule has 0 atom stereocenters. The zero-order valence-corrected chi connectivity index (χ0v) is 9.95. The van der Waals surface area contributed by atoms with Crippen molar-refractivity contribution in [1.82, 2.24) is 0 Å². The lowest BCUT2D eigenvalue weighted by molar-refractivity contribution is -0.276. The van der Waals surface area contributed by atoms with Gasteiger partial charge in [0.15, 0.2) is 0 Å². The van der Waals surface area contributed by atoms with Gasteiger partial charge in [0, 0.05) is 0 Å². The van der Waals surface area contributed by atoms with E-state index in [1.807, 2.05) is 0 Å². The van der Waals surface area contributed by atoms with Gasteiger partial charge in [-0.05, 0) is 25.5 Å². The van der Waals surface area contributed by atoms with Crippen LogP contribution in [-0.4, -0.2) is 13.0 Å². The minimum absolute atomic E-state index is 0.0729. The van der Waals surface area contributed by atoms with Crippen LogP contribution in [0.2, 0.25) is 0 Å².